The molecule has 0 N–H and O–H groups in total. The molecule has 0 aromatic carbocycles. The predicted octanol–water partition coefficient (Wildman–Crippen LogP) is 4.00. The van der Waals surface area contributed by atoms with E-state index in [1.165, 1.54) is 38.5 Å². The van der Waals surface area contributed by atoms with Crippen molar-refractivity contribution >= 4 is 0 Å². The summed E-state index contributed by atoms with van der Waals surface area (Å²) in [6.07, 6.45) is 8.51. The Morgan fingerprint density at radius 3 is 1.76 bits per heavy atom. The standard InChI is InChI=1S/C16H23N/c1-15(2)8-16(15,9-17)14-12-4-10-3-11(6-12)7-13(14)5-10/h10-14H,3-8H2,1-2H3. The van der Waals surface area contributed by atoms with E-state index in [-0.39, 0.29) is 5.41 Å². The molecule has 5 aliphatic rings. The molecule has 0 aromatic rings. The van der Waals surface area contributed by atoms with E-state index in [1.54, 1.807) is 0 Å². The van der Waals surface area contributed by atoms with Gasteiger partial charge in [-0.3, -0.25) is 0 Å². The minimum absolute atomic E-state index is 0.0651. The number of nitriles is 1. The van der Waals surface area contributed by atoms with E-state index >= 15 is 0 Å². The van der Waals surface area contributed by atoms with Crippen molar-refractivity contribution in [2.75, 3.05) is 0 Å². The molecule has 0 spiro atoms. The van der Waals surface area contributed by atoms with Gasteiger partial charge in [0.25, 0.3) is 0 Å². The van der Waals surface area contributed by atoms with Gasteiger partial charge in [-0.05, 0) is 73.5 Å². The molecule has 0 amide bonds. The topological polar surface area (TPSA) is 23.8 Å². The third kappa shape index (κ3) is 1.15. The van der Waals surface area contributed by atoms with Gasteiger partial charge in [-0.2, -0.15) is 5.26 Å². The molecule has 1 nitrogen and oxygen atoms in total. The maximum absolute atomic E-state index is 9.73. The van der Waals surface area contributed by atoms with E-state index in [2.05, 4.69) is 19.9 Å². The van der Waals surface area contributed by atoms with E-state index in [9.17, 15) is 5.26 Å². The highest BCUT2D eigenvalue weighted by Gasteiger charge is 2.70. The van der Waals surface area contributed by atoms with Crippen molar-refractivity contribution in [1.29, 1.82) is 5.26 Å². The molecule has 1 atom stereocenters. The van der Waals surface area contributed by atoms with E-state index in [1.807, 2.05) is 0 Å². The summed E-state index contributed by atoms with van der Waals surface area (Å²) in [6, 6.07) is 2.77. The van der Waals surface area contributed by atoms with Gasteiger partial charge in [0.05, 0.1) is 11.5 Å². The third-order valence-corrected chi connectivity index (χ3v) is 6.80. The van der Waals surface area contributed by atoms with Crippen molar-refractivity contribution in [1.82, 2.24) is 0 Å². The summed E-state index contributed by atoms with van der Waals surface area (Å²) >= 11 is 0. The van der Waals surface area contributed by atoms with Crippen LogP contribution in [0.5, 0.6) is 0 Å². The van der Waals surface area contributed by atoms with E-state index in [0.29, 0.717) is 5.41 Å². The first kappa shape index (κ1) is 10.4. The molecule has 0 aromatic heterocycles. The fraction of sp³-hybridized carbons (Fsp3) is 0.938. The molecule has 0 radical (unpaired) electrons. The third-order valence-electron chi connectivity index (χ3n) is 6.80. The SMILES string of the molecule is CC1(C)CC1(C#N)C1C2CC3CC(C2)CC1C3. The zero-order chi connectivity index (χ0) is 11.8. The maximum atomic E-state index is 9.73. The molecule has 17 heavy (non-hydrogen) atoms. The van der Waals surface area contributed by atoms with Crippen LogP contribution in [-0.2, 0) is 0 Å². The average Bonchev–Trinajstić information content (AvgIpc) is 2.80. The molecule has 92 valence electrons. The number of hydrogen-bond acceptors (Lipinski definition) is 1. The van der Waals surface area contributed by atoms with Crippen LogP contribution in [0.15, 0.2) is 0 Å². The van der Waals surface area contributed by atoms with Gasteiger partial charge < -0.3 is 0 Å². The molecule has 5 aliphatic carbocycles. The van der Waals surface area contributed by atoms with Crippen LogP contribution >= 0.6 is 0 Å². The number of rotatable bonds is 1. The maximum Gasteiger partial charge on any atom is 0.0698 e. The lowest BCUT2D eigenvalue weighted by Gasteiger charge is -2.56. The number of nitrogens with zero attached hydrogens (tertiary/aromatic N) is 1. The summed E-state index contributed by atoms with van der Waals surface area (Å²) in [5.74, 6) is 4.65. The highest BCUT2D eigenvalue weighted by atomic mass is 14.7. The van der Waals surface area contributed by atoms with Crippen molar-refractivity contribution in [3.63, 3.8) is 0 Å². The first-order valence-electron chi connectivity index (χ1n) is 7.47. The lowest BCUT2D eigenvalue weighted by molar-refractivity contribution is -0.0640. The Kier molecular flexibility index (Phi) is 1.78. The van der Waals surface area contributed by atoms with Crippen LogP contribution in [0.4, 0.5) is 0 Å². The van der Waals surface area contributed by atoms with Crippen molar-refractivity contribution in [2.45, 2.75) is 52.4 Å². The Morgan fingerprint density at radius 2 is 1.41 bits per heavy atom. The van der Waals surface area contributed by atoms with Crippen LogP contribution in [0.3, 0.4) is 0 Å². The van der Waals surface area contributed by atoms with Gasteiger partial charge in [0, 0.05) is 0 Å². The van der Waals surface area contributed by atoms with Gasteiger partial charge in [-0.1, -0.05) is 13.8 Å². The van der Waals surface area contributed by atoms with Crippen LogP contribution in [0.25, 0.3) is 0 Å². The quantitative estimate of drug-likeness (QED) is 0.666. The lowest BCUT2D eigenvalue weighted by atomic mass is 9.48. The number of hydrogen-bond donors (Lipinski definition) is 0. The normalized spacial score (nSPS) is 57.8. The monoisotopic (exact) mass is 229 g/mol. The minimum Gasteiger partial charge on any atom is -0.198 e. The summed E-state index contributed by atoms with van der Waals surface area (Å²) in [5, 5.41) is 9.73. The first-order chi connectivity index (χ1) is 8.06. The van der Waals surface area contributed by atoms with E-state index in [0.717, 1.165) is 29.6 Å². The van der Waals surface area contributed by atoms with Crippen LogP contribution < -0.4 is 0 Å². The fourth-order valence-electron chi connectivity index (χ4n) is 6.22. The van der Waals surface area contributed by atoms with Crippen molar-refractivity contribution in [2.24, 2.45) is 40.4 Å². The van der Waals surface area contributed by atoms with Gasteiger partial charge in [0.15, 0.2) is 0 Å². The molecule has 5 rings (SSSR count). The Bertz CT molecular complexity index is 374. The van der Waals surface area contributed by atoms with Gasteiger partial charge >= 0.3 is 0 Å². The van der Waals surface area contributed by atoms with Crippen molar-refractivity contribution in [3.05, 3.63) is 0 Å². The van der Waals surface area contributed by atoms with Crippen LogP contribution in [0.2, 0.25) is 0 Å². The Hall–Kier alpha value is -0.510. The molecule has 0 aliphatic heterocycles. The van der Waals surface area contributed by atoms with Crippen molar-refractivity contribution in [3.8, 4) is 6.07 Å². The van der Waals surface area contributed by atoms with E-state index in [4.69, 9.17) is 0 Å². The van der Waals surface area contributed by atoms with Gasteiger partial charge in [-0.15, -0.1) is 0 Å². The summed E-state index contributed by atoms with van der Waals surface area (Å²) in [7, 11) is 0. The lowest BCUT2D eigenvalue weighted by Crippen LogP contribution is -2.49. The van der Waals surface area contributed by atoms with E-state index < -0.39 is 0 Å². The molecule has 0 heterocycles. The molecular weight excluding hydrogens is 206 g/mol. The Labute approximate surface area is 105 Å². The molecule has 0 saturated heterocycles. The largest absolute Gasteiger partial charge is 0.198 e. The predicted molar refractivity (Wildman–Crippen MR) is 67.0 cm³/mol. The second kappa shape index (κ2) is 2.90. The smallest absolute Gasteiger partial charge is 0.0698 e. The van der Waals surface area contributed by atoms with Crippen LogP contribution in [0.1, 0.15) is 52.4 Å². The Morgan fingerprint density at radius 1 is 0.941 bits per heavy atom. The second-order valence-corrected chi connectivity index (χ2v) is 8.10. The van der Waals surface area contributed by atoms with Crippen molar-refractivity contribution < 1.29 is 0 Å². The summed E-state index contributed by atoms with van der Waals surface area (Å²) in [6.45, 7) is 4.64. The minimum atomic E-state index is 0.0651. The van der Waals surface area contributed by atoms with Gasteiger partial charge in [-0.25, -0.2) is 0 Å². The zero-order valence-electron chi connectivity index (χ0n) is 11.1. The molecular formula is C16H23N. The molecule has 5 saturated carbocycles. The van der Waals surface area contributed by atoms with Gasteiger partial charge in [0.2, 0.25) is 0 Å². The Balaban J connectivity index is 1.70. The fourth-order valence-corrected chi connectivity index (χ4v) is 6.22. The summed E-state index contributed by atoms with van der Waals surface area (Å²) < 4.78 is 0. The van der Waals surface area contributed by atoms with Crippen LogP contribution in [-0.4, -0.2) is 0 Å². The highest BCUT2D eigenvalue weighted by molar-refractivity contribution is 5.26. The molecule has 1 unspecified atom stereocenters. The van der Waals surface area contributed by atoms with Gasteiger partial charge in [0.1, 0.15) is 0 Å². The first-order valence-corrected chi connectivity index (χ1v) is 7.47. The second-order valence-electron chi connectivity index (χ2n) is 8.10. The summed E-state index contributed by atoms with van der Waals surface area (Å²) in [5.41, 5.74) is 0.372. The molecule has 4 bridgehead atoms. The van der Waals surface area contributed by atoms with Crippen LogP contribution in [0, 0.1) is 51.8 Å². The zero-order valence-corrected chi connectivity index (χ0v) is 11.1. The average molecular weight is 229 g/mol. The molecule has 1 heteroatoms. The molecule has 5 fully saturated rings. The highest BCUT2D eigenvalue weighted by Crippen LogP contribution is 2.74. The summed E-state index contributed by atoms with van der Waals surface area (Å²) in [4.78, 5) is 0.